The van der Waals surface area contributed by atoms with Gasteiger partial charge in [-0.2, -0.15) is 4.31 Å². The van der Waals surface area contributed by atoms with Gasteiger partial charge in [0.2, 0.25) is 10.0 Å². The van der Waals surface area contributed by atoms with Crippen molar-refractivity contribution >= 4 is 48.6 Å². The second-order valence-electron chi connectivity index (χ2n) is 7.09. The molecule has 2 heterocycles. The van der Waals surface area contributed by atoms with E-state index in [2.05, 4.69) is 21.2 Å². The minimum atomic E-state index is -3.66. The van der Waals surface area contributed by atoms with Gasteiger partial charge in [0.25, 0.3) is 0 Å². The number of aromatic nitrogens is 1. The smallest absolute Gasteiger partial charge is 0.322 e. The molecule has 1 aliphatic rings. The number of carbonyl (C=O) groups excluding carboxylic acids is 1. The van der Waals surface area contributed by atoms with Crippen molar-refractivity contribution in [3.8, 4) is 0 Å². The Hall–Kier alpha value is -2.43. The molecule has 30 heavy (non-hydrogen) atoms. The van der Waals surface area contributed by atoms with Crippen molar-refractivity contribution in [3.63, 3.8) is 0 Å². The molecule has 1 aliphatic heterocycles. The molecule has 0 spiro atoms. The summed E-state index contributed by atoms with van der Waals surface area (Å²) < 4.78 is 43.9. The van der Waals surface area contributed by atoms with Gasteiger partial charge in [0.1, 0.15) is 5.82 Å². The summed E-state index contributed by atoms with van der Waals surface area (Å²) in [5.41, 5.74) is 1.03. The number of nitrogens with zero attached hydrogens (tertiary/aromatic N) is 3. The molecule has 4 rings (SSSR count). The number of sulfonamides is 1. The molecular weight excluding hydrogens is 475 g/mol. The van der Waals surface area contributed by atoms with Crippen LogP contribution in [0.25, 0.3) is 10.9 Å². The SMILES string of the molecule is Cn1ccc2cc(S(=O)(=O)N3CCN(C(=O)Nc4ccc(Br)cc4F)CC3)ccc21. The van der Waals surface area contributed by atoms with Crippen LogP contribution in [0.2, 0.25) is 0 Å². The molecule has 2 aromatic carbocycles. The molecular formula is C20H20BrFN4O3S. The van der Waals surface area contributed by atoms with Gasteiger partial charge in [-0.15, -0.1) is 0 Å². The van der Waals surface area contributed by atoms with E-state index in [9.17, 15) is 17.6 Å². The van der Waals surface area contributed by atoms with E-state index in [0.29, 0.717) is 4.47 Å². The highest BCUT2D eigenvalue weighted by Crippen LogP contribution is 2.24. The Kier molecular flexibility index (Phi) is 5.56. The van der Waals surface area contributed by atoms with E-state index in [1.54, 1.807) is 24.3 Å². The lowest BCUT2D eigenvalue weighted by Crippen LogP contribution is -2.51. The molecule has 1 saturated heterocycles. The zero-order chi connectivity index (χ0) is 21.5. The van der Waals surface area contributed by atoms with Crippen LogP contribution in [0.15, 0.2) is 58.0 Å². The van der Waals surface area contributed by atoms with E-state index in [4.69, 9.17) is 0 Å². The van der Waals surface area contributed by atoms with Crippen molar-refractivity contribution in [2.45, 2.75) is 4.90 Å². The molecule has 158 valence electrons. The summed E-state index contributed by atoms with van der Waals surface area (Å²) in [7, 11) is -1.76. The first-order chi connectivity index (χ1) is 14.3. The summed E-state index contributed by atoms with van der Waals surface area (Å²) in [5.74, 6) is -0.546. The van der Waals surface area contributed by atoms with Crippen LogP contribution >= 0.6 is 15.9 Å². The standard InChI is InChI=1S/C20H20BrFN4O3S/c1-24-7-6-14-12-16(3-5-19(14)24)30(28,29)26-10-8-25(9-11-26)20(27)23-18-4-2-15(21)13-17(18)22/h2-7,12-13H,8-11H2,1H3,(H,23,27). The Bertz CT molecular complexity index is 1220. The summed E-state index contributed by atoms with van der Waals surface area (Å²) in [4.78, 5) is 14.2. The number of halogens is 2. The Morgan fingerprint density at radius 1 is 1.07 bits per heavy atom. The number of carbonyl (C=O) groups is 1. The molecule has 1 N–H and O–H groups in total. The van der Waals surface area contributed by atoms with Gasteiger partial charge < -0.3 is 14.8 Å². The molecule has 0 atom stereocenters. The third-order valence-electron chi connectivity index (χ3n) is 5.19. The molecule has 0 radical (unpaired) electrons. The average Bonchev–Trinajstić information content (AvgIpc) is 3.10. The van der Waals surface area contributed by atoms with Gasteiger partial charge in [-0.3, -0.25) is 0 Å². The van der Waals surface area contributed by atoms with E-state index in [0.717, 1.165) is 10.9 Å². The lowest BCUT2D eigenvalue weighted by Gasteiger charge is -2.34. The number of hydrogen-bond donors (Lipinski definition) is 1. The molecule has 0 saturated carbocycles. The second-order valence-corrected chi connectivity index (χ2v) is 9.95. The lowest BCUT2D eigenvalue weighted by molar-refractivity contribution is 0.184. The van der Waals surface area contributed by atoms with Gasteiger partial charge in [0.05, 0.1) is 10.6 Å². The molecule has 0 unspecified atom stereocenters. The summed E-state index contributed by atoms with van der Waals surface area (Å²) in [5, 5.41) is 3.39. The Morgan fingerprint density at radius 3 is 2.50 bits per heavy atom. The van der Waals surface area contributed by atoms with Crippen molar-refractivity contribution in [3.05, 3.63) is 59.0 Å². The maximum atomic E-state index is 13.9. The number of anilines is 1. The molecule has 0 bridgehead atoms. The van der Waals surface area contributed by atoms with E-state index in [1.165, 1.54) is 21.3 Å². The van der Waals surface area contributed by atoms with E-state index in [-0.39, 0.29) is 36.8 Å². The van der Waals surface area contributed by atoms with Gasteiger partial charge in [-0.25, -0.2) is 17.6 Å². The van der Waals surface area contributed by atoms with Gasteiger partial charge in [0, 0.05) is 54.8 Å². The van der Waals surface area contributed by atoms with Gasteiger partial charge in [0.15, 0.2) is 0 Å². The number of fused-ring (bicyclic) bond motifs is 1. The van der Waals surface area contributed by atoms with Crippen molar-refractivity contribution < 1.29 is 17.6 Å². The number of urea groups is 1. The summed E-state index contributed by atoms with van der Waals surface area (Å²) >= 11 is 3.17. The number of benzene rings is 2. The van der Waals surface area contributed by atoms with E-state index >= 15 is 0 Å². The maximum Gasteiger partial charge on any atom is 0.322 e. The summed E-state index contributed by atoms with van der Waals surface area (Å²) in [6.45, 7) is 0.782. The van der Waals surface area contributed by atoms with Crippen LogP contribution in [0.5, 0.6) is 0 Å². The zero-order valence-corrected chi connectivity index (χ0v) is 18.6. The van der Waals surface area contributed by atoms with Crippen LogP contribution in [0.1, 0.15) is 0 Å². The maximum absolute atomic E-state index is 13.9. The lowest BCUT2D eigenvalue weighted by atomic mass is 10.2. The van der Waals surface area contributed by atoms with Crippen LogP contribution in [0.3, 0.4) is 0 Å². The predicted octanol–water partition coefficient (Wildman–Crippen LogP) is 3.62. The highest BCUT2D eigenvalue weighted by atomic mass is 79.9. The molecule has 0 aliphatic carbocycles. The van der Waals surface area contributed by atoms with Crippen molar-refractivity contribution in [2.75, 3.05) is 31.5 Å². The third kappa shape index (κ3) is 3.94. The largest absolute Gasteiger partial charge is 0.351 e. The minimum absolute atomic E-state index is 0.0782. The predicted molar refractivity (Wildman–Crippen MR) is 116 cm³/mol. The van der Waals surface area contributed by atoms with Crippen molar-refractivity contribution in [1.82, 2.24) is 13.8 Å². The fraction of sp³-hybridized carbons (Fsp3) is 0.250. The number of amides is 2. The Balaban J connectivity index is 1.43. The Labute approximate surface area is 182 Å². The highest BCUT2D eigenvalue weighted by Gasteiger charge is 2.30. The van der Waals surface area contributed by atoms with Gasteiger partial charge in [-0.1, -0.05) is 15.9 Å². The number of hydrogen-bond acceptors (Lipinski definition) is 3. The number of rotatable bonds is 3. The topological polar surface area (TPSA) is 74.7 Å². The van der Waals surface area contributed by atoms with Gasteiger partial charge >= 0.3 is 6.03 Å². The monoisotopic (exact) mass is 494 g/mol. The fourth-order valence-corrected chi connectivity index (χ4v) is 5.28. The van der Waals surface area contributed by atoms with E-state index in [1.807, 2.05) is 23.9 Å². The first-order valence-electron chi connectivity index (χ1n) is 9.32. The van der Waals surface area contributed by atoms with Crippen LogP contribution < -0.4 is 5.32 Å². The van der Waals surface area contributed by atoms with Crippen LogP contribution in [-0.4, -0.2) is 54.4 Å². The van der Waals surface area contributed by atoms with Crippen molar-refractivity contribution in [2.24, 2.45) is 7.05 Å². The van der Waals surface area contributed by atoms with Crippen LogP contribution in [0, 0.1) is 5.82 Å². The molecule has 7 nitrogen and oxygen atoms in total. The molecule has 2 amide bonds. The van der Waals surface area contributed by atoms with Crippen molar-refractivity contribution in [1.29, 1.82) is 0 Å². The van der Waals surface area contributed by atoms with Crippen LogP contribution in [-0.2, 0) is 17.1 Å². The van der Waals surface area contributed by atoms with Gasteiger partial charge in [-0.05, 0) is 42.5 Å². The molecule has 3 aromatic rings. The highest BCUT2D eigenvalue weighted by molar-refractivity contribution is 9.10. The van der Waals surface area contributed by atoms with Crippen LogP contribution in [0.4, 0.5) is 14.9 Å². The quantitative estimate of drug-likeness (QED) is 0.604. The first-order valence-corrected chi connectivity index (χ1v) is 11.6. The Morgan fingerprint density at radius 2 is 1.80 bits per heavy atom. The summed E-state index contributed by atoms with van der Waals surface area (Å²) in [6, 6.07) is 10.8. The minimum Gasteiger partial charge on any atom is -0.351 e. The fourth-order valence-electron chi connectivity index (χ4n) is 3.49. The first kappa shape index (κ1) is 20.8. The molecule has 10 heteroatoms. The second kappa shape index (κ2) is 8.01. The molecule has 1 fully saturated rings. The average molecular weight is 495 g/mol. The normalized spacial score (nSPS) is 15.5. The number of piperazine rings is 1. The number of aryl methyl sites for hydroxylation is 1. The zero-order valence-electron chi connectivity index (χ0n) is 16.2. The third-order valence-corrected chi connectivity index (χ3v) is 7.58. The molecule has 1 aromatic heterocycles. The summed E-state index contributed by atoms with van der Waals surface area (Å²) in [6.07, 6.45) is 1.88. The number of nitrogens with one attached hydrogen (secondary N) is 1. The van der Waals surface area contributed by atoms with E-state index < -0.39 is 21.9 Å².